The number of hydrogen-bond donors (Lipinski definition) is 1. The molecule has 18 heavy (non-hydrogen) atoms. The highest BCUT2D eigenvalue weighted by Gasteiger charge is 2.25. The van der Waals surface area contributed by atoms with E-state index in [2.05, 4.69) is 4.90 Å². The van der Waals surface area contributed by atoms with Crippen molar-refractivity contribution >= 4 is 5.69 Å². The van der Waals surface area contributed by atoms with E-state index in [9.17, 15) is 8.78 Å². The van der Waals surface area contributed by atoms with Crippen LogP contribution in [0.3, 0.4) is 0 Å². The number of piperazine rings is 1. The lowest BCUT2D eigenvalue weighted by Gasteiger charge is -2.41. The number of β-amino-alcohol motifs (C(OH)–C–C–N with tert-alkyl or cyclic N) is 1. The van der Waals surface area contributed by atoms with E-state index in [0.29, 0.717) is 18.8 Å². The molecule has 1 fully saturated rings. The van der Waals surface area contributed by atoms with Gasteiger partial charge in [-0.3, -0.25) is 4.90 Å². The Morgan fingerprint density at radius 1 is 1.33 bits per heavy atom. The lowest BCUT2D eigenvalue weighted by atomic mass is 10.1. The second kappa shape index (κ2) is 5.63. The van der Waals surface area contributed by atoms with Crippen LogP contribution in [0.4, 0.5) is 14.5 Å². The van der Waals surface area contributed by atoms with Gasteiger partial charge in [-0.15, -0.1) is 0 Å². The average molecular weight is 256 g/mol. The molecule has 0 saturated carbocycles. The van der Waals surface area contributed by atoms with E-state index in [4.69, 9.17) is 5.11 Å². The zero-order valence-electron chi connectivity index (χ0n) is 10.4. The Labute approximate surface area is 106 Å². The van der Waals surface area contributed by atoms with Crippen LogP contribution >= 0.6 is 0 Å². The molecule has 3 nitrogen and oxygen atoms in total. The molecule has 1 atom stereocenters. The van der Waals surface area contributed by atoms with Crippen LogP contribution in [-0.4, -0.2) is 48.8 Å². The van der Waals surface area contributed by atoms with Gasteiger partial charge in [0.05, 0.1) is 12.3 Å². The first-order valence-electron chi connectivity index (χ1n) is 6.16. The van der Waals surface area contributed by atoms with Gasteiger partial charge in [-0.25, -0.2) is 8.78 Å². The molecule has 0 aliphatic carbocycles. The fraction of sp³-hybridized carbons (Fsp3) is 0.538. The van der Waals surface area contributed by atoms with E-state index >= 15 is 0 Å². The Kier molecular flexibility index (Phi) is 4.14. The number of aliphatic hydroxyl groups is 1. The van der Waals surface area contributed by atoms with E-state index in [0.717, 1.165) is 19.2 Å². The van der Waals surface area contributed by atoms with Gasteiger partial charge < -0.3 is 10.0 Å². The highest BCUT2D eigenvalue weighted by atomic mass is 19.1. The van der Waals surface area contributed by atoms with Crippen molar-refractivity contribution in [3.63, 3.8) is 0 Å². The molecule has 0 spiro atoms. The molecule has 0 bridgehead atoms. The Morgan fingerprint density at radius 3 is 2.72 bits per heavy atom. The summed E-state index contributed by atoms with van der Waals surface area (Å²) in [5, 5.41) is 8.91. The summed E-state index contributed by atoms with van der Waals surface area (Å²) in [5.74, 6) is -1.07. The summed E-state index contributed by atoms with van der Waals surface area (Å²) in [6, 6.07) is 3.83. The van der Waals surface area contributed by atoms with Gasteiger partial charge in [-0.2, -0.15) is 0 Å². The van der Waals surface area contributed by atoms with E-state index in [1.54, 1.807) is 0 Å². The average Bonchev–Trinajstić information content (AvgIpc) is 2.31. The number of nitrogens with zero attached hydrogens (tertiary/aromatic N) is 2. The number of hydrogen-bond acceptors (Lipinski definition) is 3. The smallest absolute Gasteiger partial charge is 0.149 e. The minimum atomic E-state index is -0.553. The Hall–Kier alpha value is -1.20. The molecule has 2 rings (SSSR count). The summed E-state index contributed by atoms with van der Waals surface area (Å²) in [6.45, 7) is 5.02. The van der Waals surface area contributed by atoms with Crippen molar-refractivity contribution in [2.75, 3.05) is 37.7 Å². The topological polar surface area (TPSA) is 26.7 Å². The molecule has 1 aliphatic heterocycles. The molecular formula is C13H18F2N2O. The minimum absolute atomic E-state index is 0.137. The van der Waals surface area contributed by atoms with Crippen LogP contribution in [0.5, 0.6) is 0 Å². The molecule has 1 aliphatic rings. The standard InChI is InChI=1S/C13H18F2N2O/c1-10-9-16(6-7-18)4-5-17(10)13-3-2-11(14)8-12(13)15/h2-3,8,10,18H,4-7,9H2,1H3. The number of rotatable bonds is 3. The van der Waals surface area contributed by atoms with Crippen LogP contribution in [-0.2, 0) is 0 Å². The summed E-state index contributed by atoms with van der Waals surface area (Å²) in [5.41, 5.74) is 0.451. The van der Waals surface area contributed by atoms with E-state index in [1.807, 2.05) is 11.8 Å². The van der Waals surface area contributed by atoms with Gasteiger partial charge in [-0.05, 0) is 19.1 Å². The fourth-order valence-corrected chi connectivity index (χ4v) is 2.45. The molecule has 1 aromatic rings. The SMILES string of the molecule is CC1CN(CCO)CCN1c1ccc(F)cc1F. The first-order chi connectivity index (χ1) is 8.61. The predicted octanol–water partition coefficient (Wildman–Crippen LogP) is 1.47. The van der Waals surface area contributed by atoms with Crippen molar-refractivity contribution in [2.45, 2.75) is 13.0 Å². The maximum Gasteiger partial charge on any atom is 0.149 e. The molecule has 0 amide bonds. The lowest BCUT2D eigenvalue weighted by Crippen LogP contribution is -2.52. The number of halogens is 2. The van der Waals surface area contributed by atoms with Gasteiger partial charge in [0.15, 0.2) is 0 Å². The molecule has 100 valence electrons. The van der Waals surface area contributed by atoms with Crippen molar-refractivity contribution < 1.29 is 13.9 Å². The Morgan fingerprint density at radius 2 is 2.11 bits per heavy atom. The van der Waals surface area contributed by atoms with E-state index in [1.165, 1.54) is 12.1 Å². The van der Waals surface area contributed by atoms with E-state index in [-0.39, 0.29) is 12.6 Å². The van der Waals surface area contributed by atoms with Crippen molar-refractivity contribution in [3.8, 4) is 0 Å². The quantitative estimate of drug-likeness (QED) is 0.887. The Bertz CT molecular complexity index is 414. The summed E-state index contributed by atoms with van der Waals surface area (Å²) in [6.07, 6.45) is 0. The zero-order chi connectivity index (χ0) is 13.1. The number of benzene rings is 1. The molecule has 1 aromatic carbocycles. The third kappa shape index (κ3) is 2.79. The minimum Gasteiger partial charge on any atom is -0.395 e. The second-order valence-electron chi connectivity index (χ2n) is 4.66. The van der Waals surface area contributed by atoms with Gasteiger partial charge >= 0.3 is 0 Å². The summed E-state index contributed by atoms with van der Waals surface area (Å²) in [7, 11) is 0. The third-order valence-corrected chi connectivity index (χ3v) is 3.35. The molecule has 5 heteroatoms. The molecule has 0 aromatic heterocycles. The first kappa shape index (κ1) is 13.2. The predicted molar refractivity (Wildman–Crippen MR) is 66.7 cm³/mol. The number of anilines is 1. The molecule has 1 unspecified atom stereocenters. The highest BCUT2D eigenvalue weighted by molar-refractivity contribution is 5.49. The van der Waals surface area contributed by atoms with Crippen molar-refractivity contribution in [1.82, 2.24) is 4.90 Å². The summed E-state index contributed by atoms with van der Waals surface area (Å²) in [4.78, 5) is 4.09. The van der Waals surface area contributed by atoms with Gasteiger partial charge in [0, 0.05) is 38.3 Å². The van der Waals surface area contributed by atoms with Crippen LogP contribution in [0, 0.1) is 11.6 Å². The molecule has 1 N–H and O–H groups in total. The third-order valence-electron chi connectivity index (χ3n) is 3.35. The van der Waals surface area contributed by atoms with E-state index < -0.39 is 11.6 Å². The number of aliphatic hydroxyl groups excluding tert-OH is 1. The molecule has 1 heterocycles. The van der Waals surface area contributed by atoms with Gasteiger partial charge in [0.1, 0.15) is 11.6 Å². The van der Waals surface area contributed by atoms with Crippen molar-refractivity contribution in [3.05, 3.63) is 29.8 Å². The van der Waals surface area contributed by atoms with Crippen LogP contribution < -0.4 is 4.90 Å². The first-order valence-corrected chi connectivity index (χ1v) is 6.16. The highest BCUT2D eigenvalue weighted by Crippen LogP contribution is 2.24. The second-order valence-corrected chi connectivity index (χ2v) is 4.66. The monoisotopic (exact) mass is 256 g/mol. The summed E-state index contributed by atoms with van der Waals surface area (Å²) < 4.78 is 26.6. The van der Waals surface area contributed by atoms with Crippen molar-refractivity contribution in [1.29, 1.82) is 0 Å². The van der Waals surface area contributed by atoms with Gasteiger partial charge in [-0.1, -0.05) is 0 Å². The fourth-order valence-electron chi connectivity index (χ4n) is 2.45. The summed E-state index contributed by atoms with van der Waals surface area (Å²) >= 11 is 0. The van der Waals surface area contributed by atoms with Crippen molar-refractivity contribution in [2.24, 2.45) is 0 Å². The van der Waals surface area contributed by atoms with Crippen LogP contribution in [0.15, 0.2) is 18.2 Å². The molecule has 0 radical (unpaired) electrons. The molecule has 1 saturated heterocycles. The Balaban J connectivity index is 2.10. The zero-order valence-corrected chi connectivity index (χ0v) is 10.4. The lowest BCUT2D eigenvalue weighted by molar-refractivity contribution is 0.173. The van der Waals surface area contributed by atoms with Crippen LogP contribution in [0.25, 0.3) is 0 Å². The van der Waals surface area contributed by atoms with Crippen LogP contribution in [0.2, 0.25) is 0 Å². The maximum absolute atomic E-state index is 13.7. The largest absolute Gasteiger partial charge is 0.395 e. The maximum atomic E-state index is 13.7. The van der Waals surface area contributed by atoms with Gasteiger partial charge in [0.2, 0.25) is 0 Å². The van der Waals surface area contributed by atoms with Gasteiger partial charge in [0.25, 0.3) is 0 Å². The normalized spacial score (nSPS) is 21.3. The molecular weight excluding hydrogens is 238 g/mol. The van der Waals surface area contributed by atoms with Crippen LogP contribution in [0.1, 0.15) is 6.92 Å².